The number of hydrogen-bond acceptors (Lipinski definition) is 4. The first-order valence-electron chi connectivity index (χ1n) is 7.48. The third-order valence-electron chi connectivity index (χ3n) is 3.58. The fourth-order valence-electron chi connectivity index (χ4n) is 2.18. The Balaban J connectivity index is 1.92. The van der Waals surface area contributed by atoms with E-state index in [1.54, 1.807) is 31.4 Å². The number of ether oxygens (including phenoxy) is 1. The molecule has 2 rings (SSSR count). The molecule has 0 radical (unpaired) electrons. The summed E-state index contributed by atoms with van der Waals surface area (Å²) in [4.78, 5) is 22.9. The van der Waals surface area contributed by atoms with Crippen LogP contribution < -0.4 is 15.8 Å². The predicted octanol–water partition coefficient (Wildman–Crippen LogP) is 1.58. The molecule has 0 spiro atoms. The summed E-state index contributed by atoms with van der Waals surface area (Å²) in [5, 5.41) is 11.6. The Kier molecular flexibility index (Phi) is 5.92. The van der Waals surface area contributed by atoms with E-state index in [0.29, 0.717) is 17.9 Å². The minimum atomic E-state index is -1.02. The second-order valence-corrected chi connectivity index (χ2v) is 5.38. The molecular formula is C18H20N2O4. The molecule has 6 nitrogen and oxygen atoms in total. The lowest BCUT2D eigenvalue weighted by molar-refractivity contribution is -0.138. The van der Waals surface area contributed by atoms with Gasteiger partial charge in [-0.1, -0.05) is 30.3 Å². The Morgan fingerprint density at radius 1 is 1.17 bits per heavy atom. The number of nitrogens with one attached hydrogen (secondary N) is 1. The van der Waals surface area contributed by atoms with Gasteiger partial charge in [-0.15, -0.1) is 0 Å². The molecule has 2 aromatic rings. The van der Waals surface area contributed by atoms with Crippen molar-refractivity contribution in [1.29, 1.82) is 0 Å². The van der Waals surface area contributed by atoms with Gasteiger partial charge in [-0.3, -0.25) is 9.59 Å². The van der Waals surface area contributed by atoms with Crippen LogP contribution in [0.15, 0.2) is 48.5 Å². The van der Waals surface area contributed by atoms with E-state index < -0.39 is 12.0 Å². The number of aliphatic carboxylic acids is 1. The van der Waals surface area contributed by atoms with Crippen molar-refractivity contribution in [2.75, 3.05) is 7.11 Å². The molecule has 0 aliphatic rings. The number of amides is 1. The maximum Gasteiger partial charge on any atom is 0.320 e. The van der Waals surface area contributed by atoms with Crippen molar-refractivity contribution < 1.29 is 19.4 Å². The molecule has 0 heterocycles. The van der Waals surface area contributed by atoms with Gasteiger partial charge < -0.3 is 20.9 Å². The molecule has 0 fully saturated rings. The molecule has 6 heteroatoms. The summed E-state index contributed by atoms with van der Waals surface area (Å²) < 4.78 is 5.10. The second kappa shape index (κ2) is 8.12. The minimum absolute atomic E-state index is 0.189. The number of carbonyl (C=O) groups is 2. The molecule has 1 atom stereocenters. The Labute approximate surface area is 140 Å². The molecule has 0 bridgehead atoms. The van der Waals surface area contributed by atoms with Gasteiger partial charge >= 0.3 is 5.97 Å². The monoisotopic (exact) mass is 328 g/mol. The van der Waals surface area contributed by atoms with E-state index in [4.69, 9.17) is 15.6 Å². The fourth-order valence-corrected chi connectivity index (χ4v) is 2.18. The normalized spacial score (nSPS) is 11.6. The smallest absolute Gasteiger partial charge is 0.320 e. The van der Waals surface area contributed by atoms with Gasteiger partial charge in [-0.05, 0) is 35.7 Å². The van der Waals surface area contributed by atoms with Crippen LogP contribution in [-0.4, -0.2) is 30.1 Å². The summed E-state index contributed by atoms with van der Waals surface area (Å²) in [6.45, 7) is 0.376. The van der Waals surface area contributed by atoms with E-state index in [9.17, 15) is 9.59 Å². The average molecular weight is 328 g/mol. The summed E-state index contributed by atoms with van der Waals surface area (Å²) in [7, 11) is 1.55. The molecule has 0 unspecified atom stereocenters. The van der Waals surface area contributed by atoms with Crippen LogP contribution in [-0.2, 0) is 17.8 Å². The maximum atomic E-state index is 12.1. The fraction of sp³-hybridized carbons (Fsp3) is 0.222. The summed E-state index contributed by atoms with van der Waals surface area (Å²) in [5.41, 5.74) is 7.79. The zero-order valence-electron chi connectivity index (χ0n) is 13.4. The zero-order chi connectivity index (χ0) is 17.5. The van der Waals surface area contributed by atoms with Gasteiger partial charge in [-0.25, -0.2) is 0 Å². The van der Waals surface area contributed by atoms with E-state index in [1.807, 2.05) is 24.3 Å². The highest BCUT2D eigenvalue weighted by Crippen LogP contribution is 2.13. The Bertz CT molecular complexity index is 713. The Morgan fingerprint density at radius 2 is 1.83 bits per heavy atom. The summed E-state index contributed by atoms with van der Waals surface area (Å²) in [6, 6.07) is 13.3. The lowest BCUT2D eigenvalue weighted by Crippen LogP contribution is -2.32. The minimum Gasteiger partial charge on any atom is -0.497 e. The van der Waals surface area contributed by atoms with Crippen molar-refractivity contribution >= 4 is 11.9 Å². The molecule has 0 aliphatic heterocycles. The van der Waals surface area contributed by atoms with Crippen molar-refractivity contribution in [3.05, 3.63) is 65.2 Å². The van der Waals surface area contributed by atoms with E-state index in [0.717, 1.165) is 11.1 Å². The van der Waals surface area contributed by atoms with E-state index >= 15 is 0 Å². The predicted molar refractivity (Wildman–Crippen MR) is 89.9 cm³/mol. The molecule has 0 aliphatic carbocycles. The number of methoxy groups -OCH3 is 1. The molecule has 2 aromatic carbocycles. The van der Waals surface area contributed by atoms with Crippen LogP contribution in [0.4, 0.5) is 0 Å². The van der Waals surface area contributed by atoms with Gasteiger partial charge in [0.25, 0.3) is 5.91 Å². The summed E-state index contributed by atoms with van der Waals surface area (Å²) in [6.07, 6.45) is 0.270. The Hall–Kier alpha value is -2.86. The van der Waals surface area contributed by atoms with Crippen molar-refractivity contribution in [2.45, 2.75) is 19.0 Å². The van der Waals surface area contributed by atoms with Crippen LogP contribution in [0.2, 0.25) is 0 Å². The Morgan fingerprint density at radius 3 is 2.46 bits per heavy atom. The molecular weight excluding hydrogens is 308 g/mol. The first-order chi connectivity index (χ1) is 11.5. The summed E-state index contributed by atoms with van der Waals surface area (Å²) >= 11 is 0. The lowest BCUT2D eigenvalue weighted by Gasteiger charge is -2.09. The van der Waals surface area contributed by atoms with Gasteiger partial charge in [0.1, 0.15) is 11.8 Å². The first kappa shape index (κ1) is 17.5. The number of benzene rings is 2. The topological polar surface area (TPSA) is 102 Å². The molecule has 0 saturated carbocycles. The van der Waals surface area contributed by atoms with Gasteiger partial charge in [0, 0.05) is 12.1 Å². The number of rotatable bonds is 7. The number of carbonyl (C=O) groups excluding carboxylic acids is 1. The molecule has 24 heavy (non-hydrogen) atoms. The zero-order valence-corrected chi connectivity index (χ0v) is 13.4. The maximum absolute atomic E-state index is 12.1. The third kappa shape index (κ3) is 4.82. The van der Waals surface area contributed by atoms with Crippen molar-refractivity contribution in [1.82, 2.24) is 5.32 Å². The van der Waals surface area contributed by atoms with E-state index in [-0.39, 0.29) is 12.3 Å². The SMILES string of the molecule is COc1cccc(C(=O)NCc2ccc(C[C@H](N)C(=O)O)cc2)c1. The second-order valence-electron chi connectivity index (χ2n) is 5.38. The van der Waals surface area contributed by atoms with Crippen molar-refractivity contribution in [3.63, 3.8) is 0 Å². The standard InChI is InChI=1S/C18H20N2O4/c1-24-15-4-2-3-14(10-15)17(21)20-11-13-7-5-12(6-8-13)9-16(19)18(22)23/h2-8,10,16H,9,11,19H2,1H3,(H,20,21)(H,22,23)/t16-/m0/s1. The van der Waals surface area contributed by atoms with E-state index in [1.165, 1.54) is 0 Å². The molecule has 0 saturated heterocycles. The van der Waals surface area contributed by atoms with Crippen LogP contribution >= 0.6 is 0 Å². The molecule has 126 valence electrons. The number of carboxylic acids is 1. The molecule has 0 aromatic heterocycles. The highest BCUT2D eigenvalue weighted by Gasteiger charge is 2.12. The third-order valence-corrected chi connectivity index (χ3v) is 3.58. The number of hydrogen-bond donors (Lipinski definition) is 3. The van der Waals surface area contributed by atoms with Crippen LogP contribution in [0.5, 0.6) is 5.75 Å². The number of nitrogens with two attached hydrogens (primary N) is 1. The van der Waals surface area contributed by atoms with Gasteiger partial charge in [0.05, 0.1) is 7.11 Å². The largest absolute Gasteiger partial charge is 0.497 e. The lowest BCUT2D eigenvalue weighted by atomic mass is 10.0. The van der Waals surface area contributed by atoms with Crippen LogP contribution in [0.3, 0.4) is 0 Å². The average Bonchev–Trinajstić information content (AvgIpc) is 2.60. The quantitative estimate of drug-likeness (QED) is 0.716. The van der Waals surface area contributed by atoms with Crippen LogP contribution in [0.25, 0.3) is 0 Å². The van der Waals surface area contributed by atoms with Crippen molar-refractivity contribution in [2.24, 2.45) is 5.73 Å². The van der Waals surface area contributed by atoms with Gasteiger partial charge in [0.15, 0.2) is 0 Å². The summed E-state index contributed by atoms with van der Waals surface area (Å²) in [5.74, 6) is -0.586. The van der Waals surface area contributed by atoms with E-state index in [2.05, 4.69) is 5.32 Å². The van der Waals surface area contributed by atoms with Crippen LogP contribution in [0.1, 0.15) is 21.5 Å². The first-order valence-corrected chi connectivity index (χ1v) is 7.48. The van der Waals surface area contributed by atoms with Gasteiger partial charge in [0.2, 0.25) is 0 Å². The molecule has 4 N–H and O–H groups in total. The highest BCUT2D eigenvalue weighted by atomic mass is 16.5. The number of carboxylic acid groups (broad SMARTS) is 1. The van der Waals surface area contributed by atoms with Crippen LogP contribution in [0, 0.1) is 0 Å². The molecule has 1 amide bonds. The highest BCUT2D eigenvalue weighted by molar-refractivity contribution is 5.94. The van der Waals surface area contributed by atoms with Gasteiger partial charge in [-0.2, -0.15) is 0 Å². The van der Waals surface area contributed by atoms with Crippen molar-refractivity contribution in [3.8, 4) is 5.75 Å².